The second-order valence-corrected chi connectivity index (χ2v) is 7.44. The Hall–Kier alpha value is -2.40. The lowest BCUT2D eigenvalue weighted by Gasteiger charge is -2.02. The SMILES string of the molecule is CCCCCCc1csc(-c2c3c(cc4cc(O)[nH]c24)=NC(=O)C=3)c1. The maximum atomic E-state index is 11.8. The van der Waals surface area contributed by atoms with Crippen LogP contribution in [0.2, 0.25) is 0 Å². The molecule has 1 aliphatic rings. The summed E-state index contributed by atoms with van der Waals surface area (Å²) in [5.74, 6) is -0.0907. The fourth-order valence-corrected chi connectivity index (χ4v) is 4.44. The summed E-state index contributed by atoms with van der Waals surface area (Å²) >= 11 is 1.68. The maximum Gasteiger partial charge on any atom is 0.270 e. The van der Waals surface area contributed by atoms with Crippen LogP contribution in [0.25, 0.3) is 27.4 Å². The quantitative estimate of drug-likeness (QED) is 0.665. The van der Waals surface area contributed by atoms with E-state index < -0.39 is 0 Å². The van der Waals surface area contributed by atoms with E-state index in [1.165, 1.54) is 31.2 Å². The Morgan fingerprint density at radius 3 is 2.92 bits per heavy atom. The van der Waals surface area contributed by atoms with Crippen molar-refractivity contribution in [3.8, 4) is 16.3 Å². The van der Waals surface area contributed by atoms with Crippen LogP contribution in [0.5, 0.6) is 5.88 Å². The Balaban J connectivity index is 1.79. The highest BCUT2D eigenvalue weighted by Gasteiger charge is 2.16. The Morgan fingerprint density at radius 1 is 1.20 bits per heavy atom. The highest BCUT2D eigenvalue weighted by atomic mass is 32.1. The molecule has 4 nitrogen and oxygen atoms in total. The van der Waals surface area contributed by atoms with E-state index >= 15 is 0 Å². The van der Waals surface area contributed by atoms with Gasteiger partial charge in [-0.3, -0.25) is 4.79 Å². The zero-order chi connectivity index (χ0) is 17.4. The van der Waals surface area contributed by atoms with E-state index in [1.807, 2.05) is 6.07 Å². The van der Waals surface area contributed by atoms with Gasteiger partial charge in [-0.05, 0) is 35.9 Å². The minimum absolute atomic E-state index is 0.127. The lowest BCUT2D eigenvalue weighted by Crippen LogP contribution is -2.23. The van der Waals surface area contributed by atoms with E-state index in [1.54, 1.807) is 23.5 Å². The van der Waals surface area contributed by atoms with Gasteiger partial charge in [0.1, 0.15) is 0 Å². The van der Waals surface area contributed by atoms with Gasteiger partial charge in [0.25, 0.3) is 5.91 Å². The van der Waals surface area contributed by atoms with Crippen molar-refractivity contribution in [3.05, 3.63) is 39.7 Å². The van der Waals surface area contributed by atoms with Crippen LogP contribution >= 0.6 is 11.3 Å². The largest absolute Gasteiger partial charge is 0.495 e. The van der Waals surface area contributed by atoms with Crippen LogP contribution in [0.3, 0.4) is 0 Å². The number of hydrogen-bond acceptors (Lipinski definition) is 3. The van der Waals surface area contributed by atoms with Gasteiger partial charge in [-0.25, -0.2) is 4.99 Å². The molecule has 3 aromatic rings. The highest BCUT2D eigenvalue weighted by molar-refractivity contribution is 7.13. The molecule has 0 saturated heterocycles. The van der Waals surface area contributed by atoms with E-state index in [-0.39, 0.29) is 11.8 Å². The van der Waals surface area contributed by atoms with E-state index in [4.69, 9.17) is 0 Å². The van der Waals surface area contributed by atoms with Crippen molar-refractivity contribution in [1.29, 1.82) is 0 Å². The van der Waals surface area contributed by atoms with Crippen LogP contribution in [0.4, 0.5) is 0 Å². The molecule has 1 aromatic carbocycles. The first-order valence-corrected chi connectivity index (χ1v) is 9.60. The Bertz CT molecular complexity index is 1080. The molecule has 2 aromatic heterocycles. The van der Waals surface area contributed by atoms with Crippen molar-refractivity contribution >= 4 is 34.2 Å². The third kappa shape index (κ3) is 3.00. The average molecular weight is 352 g/mol. The van der Waals surface area contributed by atoms with Crippen LogP contribution in [0.1, 0.15) is 38.2 Å². The average Bonchev–Trinajstić information content (AvgIpc) is 3.26. The van der Waals surface area contributed by atoms with Crippen LogP contribution < -0.4 is 10.6 Å². The zero-order valence-electron chi connectivity index (χ0n) is 14.1. The van der Waals surface area contributed by atoms with Crippen molar-refractivity contribution < 1.29 is 9.90 Å². The molecule has 1 amide bonds. The third-order valence-corrected chi connectivity index (χ3v) is 5.64. The molecule has 0 atom stereocenters. The number of aryl methyl sites for hydroxylation is 1. The first kappa shape index (κ1) is 16.1. The minimum atomic E-state index is -0.218. The number of rotatable bonds is 6. The van der Waals surface area contributed by atoms with Gasteiger partial charge < -0.3 is 10.1 Å². The van der Waals surface area contributed by atoms with Gasteiger partial charge in [0.2, 0.25) is 0 Å². The molecule has 0 bridgehead atoms. The molecular weight excluding hydrogens is 332 g/mol. The van der Waals surface area contributed by atoms with Gasteiger partial charge in [0, 0.05) is 33.2 Å². The summed E-state index contributed by atoms with van der Waals surface area (Å²) in [4.78, 5) is 20.0. The summed E-state index contributed by atoms with van der Waals surface area (Å²) in [5.41, 5.74) is 3.16. The predicted octanol–water partition coefficient (Wildman–Crippen LogP) is 3.67. The van der Waals surface area contributed by atoms with Gasteiger partial charge >= 0.3 is 0 Å². The fraction of sp³-hybridized carbons (Fsp3) is 0.300. The van der Waals surface area contributed by atoms with Crippen LogP contribution in [0.15, 0.2) is 28.6 Å². The molecule has 5 heteroatoms. The number of aromatic amines is 1. The van der Waals surface area contributed by atoms with Gasteiger partial charge in [0.05, 0.1) is 10.9 Å². The summed E-state index contributed by atoms with van der Waals surface area (Å²) in [6, 6.07) is 5.74. The molecule has 0 aliphatic carbocycles. The molecule has 2 N–H and O–H groups in total. The standard InChI is InChI=1S/C20H20N2O2S/c1-2-3-4-5-6-12-7-16(25-11-12)19-14-10-18(24)21-15(14)8-13-9-17(23)22-20(13)19/h7-11,22-23H,2-6H2,1H3. The number of nitrogens with one attached hydrogen (secondary N) is 1. The number of carbonyl (C=O) groups is 1. The number of H-pyrrole nitrogens is 1. The number of aromatic nitrogens is 1. The Labute approximate surface area is 149 Å². The smallest absolute Gasteiger partial charge is 0.270 e. The number of amides is 1. The topological polar surface area (TPSA) is 65.4 Å². The number of carbonyl (C=O) groups excluding carboxylic acids is 1. The summed E-state index contributed by atoms with van der Waals surface area (Å²) < 4.78 is 0. The minimum Gasteiger partial charge on any atom is -0.495 e. The molecule has 128 valence electrons. The van der Waals surface area contributed by atoms with Crippen molar-refractivity contribution in [2.24, 2.45) is 4.99 Å². The van der Waals surface area contributed by atoms with Crippen molar-refractivity contribution in [2.45, 2.75) is 39.0 Å². The summed E-state index contributed by atoms with van der Waals surface area (Å²) in [6.07, 6.45) is 7.66. The van der Waals surface area contributed by atoms with Crippen molar-refractivity contribution in [3.63, 3.8) is 0 Å². The third-order valence-electron chi connectivity index (χ3n) is 4.64. The first-order valence-electron chi connectivity index (χ1n) is 8.72. The molecule has 1 aliphatic heterocycles. The van der Waals surface area contributed by atoms with Gasteiger partial charge in [-0.15, -0.1) is 11.3 Å². The van der Waals surface area contributed by atoms with Crippen LogP contribution in [0, 0.1) is 0 Å². The molecule has 0 saturated carbocycles. The van der Waals surface area contributed by atoms with E-state index in [0.717, 1.165) is 33.0 Å². The lowest BCUT2D eigenvalue weighted by molar-refractivity contribution is -0.112. The van der Waals surface area contributed by atoms with Gasteiger partial charge in [-0.1, -0.05) is 26.2 Å². The molecule has 25 heavy (non-hydrogen) atoms. The summed E-state index contributed by atoms with van der Waals surface area (Å²) in [6.45, 7) is 2.22. The molecule has 0 unspecified atom stereocenters. The maximum absolute atomic E-state index is 11.8. The summed E-state index contributed by atoms with van der Waals surface area (Å²) in [5, 5.41) is 14.5. The molecule has 0 spiro atoms. The first-order chi connectivity index (χ1) is 12.2. The van der Waals surface area contributed by atoms with Gasteiger partial charge in [-0.2, -0.15) is 0 Å². The number of benzene rings is 1. The molecule has 0 fully saturated rings. The number of unbranched alkanes of at least 4 members (excludes halogenated alkanes) is 3. The van der Waals surface area contributed by atoms with Crippen LogP contribution in [-0.2, 0) is 11.2 Å². The molecule has 0 radical (unpaired) electrons. The number of nitrogens with zero attached hydrogens (tertiary/aromatic N) is 1. The Morgan fingerprint density at radius 2 is 2.08 bits per heavy atom. The highest BCUT2D eigenvalue weighted by Crippen LogP contribution is 2.32. The molecule has 3 heterocycles. The second-order valence-electron chi connectivity index (χ2n) is 6.53. The number of thiophene rings is 1. The van der Waals surface area contributed by atoms with E-state index in [0.29, 0.717) is 5.36 Å². The van der Waals surface area contributed by atoms with E-state index in [2.05, 4.69) is 28.3 Å². The van der Waals surface area contributed by atoms with Crippen molar-refractivity contribution in [1.82, 2.24) is 4.98 Å². The van der Waals surface area contributed by atoms with Crippen molar-refractivity contribution in [2.75, 3.05) is 0 Å². The lowest BCUT2D eigenvalue weighted by atomic mass is 10.0. The van der Waals surface area contributed by atoms with Crippen LogP contribution in [-0.4, -0.2) is 16.0 Å². The molecular formula is C20H20N2O2S. The Kier molecular flexibility index (Phi) is 4.17. The zero-order valence-corrected chi connectivity index (χ0v) is 14.9. The normalized spacial score (nSPS) is 13.1. The van der Waals surface area contributed by atoms with E-state index in [9.17, 15) is 9.90 Å². The monoisotopic (exact) mass is 352 g/mol. The fourth-order valence-electron chi connectivity index (χ4n) is 3.43. The number of fused-ring (bicyclic) bond motifs is 2. The number of hydrogen-bond donors (Lipinski definition) is 2. The second kappa shape index (κ2) is 6.48. The summed E-state index contributed by atoms with van der Waals surface area (Å²) in [7, 11) is 0. The number of aromatic hydroxyl groups is 1. The van der Waals surface area contributed by atoms with Gasteiger partial charge in [0.15, 0.2) is 5.88 Å². The molecule has 4 rings (SSSR count). The predicted molar refractivity (Wildman–Crippen MR) is 101 cm³/mol.